The van der Waals surface area contributed by atoms with Crippen LogP contribution in [0, 0.1) is 5.41 Å². The average Bonchev–Trinajstić information content (AvgIpc) is 3.70. The van der Waals surface area contributed by atoms with Crippen LogP contribution in [-0.2, 0) is 6.18 Å². The number of aromatic carboxylic acids is 1. The van der Waals surface area contributed by atoms with Crippen LogP contribution in [-0.4, -0.2) is 39.3 Å². The van der Waals surface area contributed by atoms with Gasteiger partial charge in [-0.05, 0) is 80.1 Å². The Morgan fingerprint density at radius 3 is 2.43 bits per heavy atom. The Morgan fingerprint density at radius 2 is 1.79 bits per heavy atom. The first-order valence-electron chi connectivity index (χ1n) is 13.6. The zero-order valence-electron chi connectivity index (χ0n) is 22.0. The second kappa shape index (κ2) is 9.79. The van der Waals surface area contributed by atoms with E-state index in [0.29, 0.717) is 39.4 Å². The van der Waals surface area contributed by atoms with Crippen LogP contribution in [0.3, 0.4) is 0 Å². The summed E-state index contributed by atoms with van der Waals surface area (Å²) >= 11 is 13.1. The van der Waals surface area contributed by atoms with Crippen molar-refractivity contribution in [3.05, 3.63) is 74.8 Å². The van der Waals surface area contributed by atoms with Crippen molar-refractivity contribution in [2.45, 2.75) is 44.2 Å². The lowest BCUT2D eigenvalue weighted by Gasteiger charge is -2.49. The molecule has 1 saturated heterocycles. The van der Waals surface area contributed by atoms with E-state index in [1.165, 1.54) is 24.5 Å². The lowest BCUT2D eigenvalue weighted by Crippen LogP contribution is -2.42. The van der Waals surface area contributed by atoms with Crippen LogP contribution in [0.15, 0.2) is 41.2 Å². The Kier molecular flexibility index (Phi) is 6.38. The largest absolute Gasteiger partial charge is 0.477 e. The third-order valence-corrected chi connectivity index (χ3v) is 9.16. The minimum atomic E-state index is -4.77. The van der Waals surface area contributed by atoms with Gasteiger partial charge in [-0.1, -0.05) is 34.4 Å². The number of nitrogens with one attached hydrogen (secondary N) is 1. The molecule has 42 heavy (non-hydrogen) atoms. The molecule has 0 amide bonds. The van der Waals surface area contributed by atoms with Gasteiger partial charge < -0.3 is 14.9 Å². The number of carboxylic acid groups (broad SMARTS) is 1. The highest BCUT2D eigenvalue weighted by molar-refractivity contribution is 6.39. The molecule has 4 aromatic rings. The van der Waals surface area contributed by atoms with E-state index in [1.807, 2.05) is 0 Å². The topological polar surface area (TPSA) is 101 Å². The highest BCUT2D eigenvalue weighted by atomic mass is 35.5. The van der Waals surface area contributed by atoms with Crippen molar-refractivity contribution in [2.75, 3.05) is 13.1 Å². The van der Waals surface area contributed by atoms with E-state index in [9.17, 15) is 23.1 Å². The van der Waals surface area contributed by atoms with Crippen molar-refractivity contribution >= 4 is 51.2 Å². The maximum atomic E-state index is 14.2. The standard InChI is InChI=1S/C30H23Cl2F3N4O3/c31-19-12-37-13-20(32)24(19)26-23(27(42-39-26)14-1-2-14)17-11-29(5-7-36-8-6-29)25(17)15-3-4-21-16(9-15)18(30(33,34)35)10-22(38-21)28(40)41/h3-4,9-10,12-14,36H,1-2,5-8,11H2,(H,40,41). The van der Waals surface area contributed by atoms with Gasteiger partial charge >= 0.3 is 12.1 Å². The summed E-state index contributed by atoms with van der Waals surface area (Å²) in [6.07, 6.45) is 2.40. The molecule has 3 aromatic heterocycles. The fourth-order valence-corrected chi connectivity index (χ4v) is 7.05. The van der Waals surface area contributed by atoms with Crippen LogP contribution < -0.4 is 5.32 Å². The molecule has 2 N–H and O–H groups in total. The quantitative estimate of drug-likeness (QED) is 0.236. The van der Waals surface area contributed by atoms with Crippen molar-refractivity contribution in [2.24, 2.45) is 5.41 Å². The second-order valence-electron chi connectivity index (χ2n) is 11.2. The van der Waals surface area contributed by atoms with Gasteiger partial charge in [-0.25, -0.2) is 9.78 Å². The number of hydrogen-bond acceptors (Lipinski definition) is 6. The summed E-state index contributed by atoms with van der Waals surface area (Å²) in [5, 5.41) is 17.7. The number of hydrogen-bond donors (Lipinski definition) is 2. The van der Waals surface area contributed by atoms with Gasteiger partial charge in [-0.2, -0.15) is 13.2 Å². The fourth-order valence-electron chi connectivity index (χ4n) is 6.51. The second-order valence-corrected chi connectivity index (χ2v) is 12.0. The normalized spacial score (nSPS) is 18.5. The molecule has 0 radical (unpaired) electrons. The van der Waals surface area contributed by atoms with E-state index >= 15 is 0 Å². The van der Waals surface area contributed by atoms with Crippen molar-refractivity contribution in [1.82, 2.24) is 20.4 Å². The molecule has 3 aliphatic rings. The van der Waals surface area contributed by atoms with Gasteiger partial charge in [0.15, 0.2) is 0 Å². The number of fused-ring (bicyclic) bond motifs is 1. The van der Waals surface area contributed by atoms with Gasteiger partial charge in [0.1, 0.15) is 17.1 Å². The Morgan fingerprint density at radius 1 is 1.07 bits per heavy atom. The molecule has 7 rings (SSSR count). The molecular formula is C30H23Cl2F3N4O3. The van der Waals surface area contributed by atoms with Gasteiger partial charge in [0.25, 0.3) is 0 Å². The number of halogens is 5. The van der Waals surface area contributed by atoms with Crippen molar-refractivity contribution in [3.63, 3.8) is 0 Å². The molecule has 216 valence electrons. The molecular weight excluding hydrogens is 592 g/mol. The van der Waals surface area contributed by atoms with Gasteiger partial charge in [0.05, 0.1) is 21.1 Å². The minimum Gasteiger partial charge on any atom is -0.477 e. The number of nitrogens with zero attached hydrogens (tertiary/aromatic N) is 3. The SMILES string of the molecule is O=C(O)c1cc(C(F)(F)F)c2cc(C3=C(c4c(-c5c(Cl)cncc5Cl)noc4C4CC4)CC34CCNCC4)ccc2n1. The van der Waals surface area contributed by atoms with Crippen LogP contribution in [0.1, 0.15) is 71.0 Å². The molecule has 7 nitrogen and oxygen atoms in total. The Labute approximate surface area is 247 Å². The number of aromatic nitrogens is 3. The molecule has 2 aliphatic carbocycles. The summed E-state index contributed by atoms with van der Waals surface area (Å²) < 4.78 is 48.6. The first kappa shape index (κ1) is 27.4. The summed E-state index contributed by atoms with van der Waals surface area (Å²) in [6, 6.07) is 5.29. The van der Waals surface area contributed by atoms with Gasteiger partial charge in [-0.3, -0.25) is 4.98 Å². The Balaban J connectivity index is 1.49. The number of carbonyl (C=O) groups is 1. The maximum absolute atomic E-state index is 14.2. The molecule has 1 saturated carbocycles. The monoisotopic (exact) mass is 614 g/mol. The zero-order valence-corrected chi connectivity index (χ0v) is 23.5. The molecule has 0 atom stereocenters. The highest BCUT2D eigenvalue weighted by Crippen LogP contribution is 2.63. The molecule has 0 unspecified atom stereocenters. The Hall–Kier alpha value is -3.47. The van der Waals surface area contributed by atoms with E-state index in [-0.39, 0.29) is 22.2 Å². The Bertz CT molecular complexity index is 1790. The van der Waals surface area contributed by atoms with E-state index in [4.69, 9.17) is 27.7 Å². The zero-order chi connectivity index (χ0) is 29.4. The van der Waals surface area contributed by atoms with Crippen molar-refractivity contribution in [1.29, 1.82) is 0 Å². The van der Waals surface area contributed by atoms with Gasteiger partial charge in [0.2, 0.25) is 0 Å². The summed E-state index contributed by atoms with van der Waals surface area (Å²) in [4.78, 5) is 19.6. The summed E-state index contributed by atoms with van der Waals surface area (Å²) in [5.74, 6) is -0.606. The molecule has 0 bridgehead atoms. The predicted molar refractivity (Wildman–Crippen MR) is 151 cm³/mol. The molecule has 12 heteroatoms. The summed E-state index contributed by atoms with van der Waals surface area (Å²) in [6.45, 7) is 1.55. The van der Waals surface area contributed by atoms with Crippen LogP contribution in [0.25, 0.3) is 33.3 Å². The van der Waals surface area contributed by atoms with Gasteiger partial charge in [0, 0.05) is 40.2 Å². The predicted octanol–water partition coefficient (Wildman–Crippen LogP) is 7.87. The van der Waals surface area contributed by atoms with Crippen LogP contribution in [0.4, 0.5) is 13.2 Å². The number of benzene rings is 1. The van der Waals surface area contributed by atoms with E-state index in [0.717, 1.165) is 61.2 Å². The van der Waals surface area contributed by atoms with Crippen LogP contribution in [0.2, 0.25) is 10.0 Å². The number of alkyl halides is 3. The molecule has 1 aromatic carbocycles. The van der Waals surface area contributed by atoms with Crippen LogP contribution >= 0.6 is 23.2 Å². The first-order chi connectivity index (χ1) is 20.1. The first-order valence-corrected chi connectivity index (χ1v) is 14.3. The maximum Gasteiger partial charge on any atom is 0.417 e. The summed E-state index contributed by atoms with van der Waals surface area (Å²) in [7, 11) is 0. The summed E-state index contributed by atoms with van der Waals surface area (Å²) in [5.41, 5.74) is 2.31. The van der Waals surface area contributed by atoms with Crippen molar-refractivity contribution in [3.8, 4) is 11.3 Å². The molecule has 1 aliphatic heterocycles. The third kappa shape index (κ3) is 4.39. The number of rotatable bonds is 5. The van der Waals surface area contributed by atoms with Gasteiger partial charge in [-0.15, -0.1) is 0 Å². The molecule has 1 spiro atoms. The molecule has 4 heterocycles. The highest BCUT2D eigenvalue weighted by Gasteiger charge is 2.49. The fraction of sp³-hybridized carbons (Fsp3) is 0.333. The number of pyridine rings is 2. The van der Waals surface area contributed by atoms with Crippen LogP contribution in [0.5, 0.6) is 0 Å². The lowest BCUT2D eigenvalue weighted by molar-refractivity contribution is -0.136. The number of piperidine rings is 1. The number of carboxylic acids is 1. The van der Waals surface area contributed by atoms with E-state index in [1.54, 1.807) is 6.07 Å². The number of allylic oxidation sites excluding steroid dienone is 2. The smallest absolute Gasteiger partial charge is 0.417 e. The minimum absolute atomic E-state index is 0.0357. The third-order valence-electron chi connectivity index (χ3n) is 8.59. The van der Waals surface area contributed by atoms with Crippen molar-refractivity contribution < 1.29 is 27.6 Å². The van der Waals surface area contributed by atoms with E-state index < -0.39 is 23.4 Å². The molecule has 2 fully saturated rings. The average molecular weight is 615 g/mol. The van der Waals surface area contributed by atoms with E-state index in [2.05, 4.69) is 20.4 Å². The lowest BCUT2D eigenvalue weighted by atomic mass is 9.56.